The molecule has 10 heteroatoms. The number of carboxylic acids is 1. The second kappa shape index (κ2) is 6.95. The maximum Gasteiger partial charge on any atom is 0.323 e. The number of amides is 1. The Bertz CT molecular complexity index is 1100. The van der Waals surface area contributed by atoms with E-state index in [0.717, 1.165) is 4.90 Å². The van der Waals surface area contributed by atoms with Crippen LogP contribution in [0, 0.1) is 0 Å². The molecule has 0 spiro atoms. The van der Waals surface area contributed by atoms with Gasteiger partial charge in [-0.05, 0) is 43.7 Å². The molecule has 0 fully saturated rings. The Morgan fingerprint density at radius 1 is 1.21 bits per heavy atom. The van der Waals surface area contributed by atoms with Crippen LogP contribution < -0.4 is 9.62 Å². The van der Waals surface area contributed by atoms with E-state index in [0.29, 0.717) is 11.3 Å². The van der Waals surface area contributed by atoms with Gasteiger partial charge in [-0.15, -0.1) is 0 Å². The Balaban J connectivity index is 2.02. The minimum atomic E-state index is -4.05. The average molecular weight is 443 g/mol. The van der Waals surface area contributed by atoms with Crippen molar-refractivity contribution in [3.63, 3.8) is 0 Å². The van der Waals surface area contributed by atoms with E-state index in [4.69, 9.17) is 28.3 Å². The Morgan fingerprint density at radius 2 is 1.89 bits per heavy atom. The summed E-state index contributed by atoms with van der Waals surface area (Å²) in [5.41, 5.74) is 0.200. The van der Waals surface area contributed by atoms with Gasteiger partial charge >= 0.3 is 5.97 Å². The molecule has 0 atom stereocenters. The van der Waals surface area contributed by atoms with Crippen molar-refractivity contribution < 1.29 is 23.1 Å². The molecule has 0 unspecified atom stereocenters. The number of hydrogen-bond acceptors (Lipinski definition) is 4. The number of fused-ring (bicyclic) bond motifs is 1. The molecule has 2 aromatic carbocycles. The lowest BCUT2D eigenvalue weighted by atomic mass is 9.86. The van der Waals surface area contributed by atoms with E-state index in [9.17, 15) is 18.0 Å². The molecule has 0 saturated carbocycles. The predicted octanol–water partition coefficient (Wildman–Crippen LogP) is 3.50. The maximum absolute atomic E-state index is 12.7. The molecule has 28 heavy (non-hydrogen) atoms. The molecule has 0 saturated heterocycles. The largest absolute Gasteiger partial charge is 0.480 e. The highest BCUT2D eigenvalue weighted by Crippen LogP contribution is 2.43. The molecule has 2 aromatic rings. The predicted molar refractivity (Wildman–Crippen MR) is 107 cm³/mol. The number of halogens is 2. The molecule has 148 valence electrons. The van der Waals surface area contributed by atoms with Gasteiger partial charge in [0.15, 0.2) is 0 Å². The van der Waals surface area contributed by atoms with Gasteiger partial charge in [0.25, 0.3) is 10.0 Å². The number of rotatable bonds is 5. The standard InChI is InChI=1S/C18H16Cl2N2O5S/c1-18(2)11-7-6-10(8-13(11)22(17(18)25)9-15(23)24)21-28(26,27)14-5-3-4-12(19)16(14)20/h3-8,21H,9H2,1-2H3,(H,23,24). The van der Waals surface area contributed by atoms with Crippen LogP contribution in [0.1, 0.15) is 19.4 Å². The second-order valence-corrected chi connectivity index (χ2v) is 9.24. The molecule has 3 rings (SSSR count). The van der Waals surface area contributed by atoms with Crippen molar-refractivity contribution in [3.05, 3.63) is 52.0 Å². The van der Waals surface area contributed by atoms with E-state index in [2.05, 4.69) is 4.72 Å². The number of aliphatic carboxylic acids is 1. The Morgan fingerprint density at radius 3 is 2.54 bits per heavy atom. The van der Waals surface area contributed by atoms with Crippen molar-refractivity contribution in [2.24, 2.45) is 0 Å². The topological polar surface area (TPSA) is 104 Å². The zero-order valence-electron chi connectivity index (χ0n) is 14.9. The molecule has 0 bridgehead atoms. The first kappa shape index (κ1) is 20.4. The van der Waals surface area contributed by atoms with Crippen molar-refractivity contribution in [3.8, 4) is 0 Å². The zero-order chi connectivity index (χ0) is 20.9. The molecule has 1 amide bonds. The summed E-state index contributed by atoms with van der Waals surface area (Å²) in [7, 11) is -4.05. The first-order valence-corrected chi connectivity index (χ1v) is 10.3. The fraction of sp³-hybridized carbons (Fsp3) is 0.222. The summed E-state index contributed by atoms with van der Waals surface area (Å²) in [6.07, 6.45) is 0. The molecule has 7 nitrogen and oxygen atoms in total. The van der Waals surface area contributed by atoms with Crippen molar-refractivity contribution in [2.75, 3.05) is 16.2 Å². The third-order valence-corrected chi connectivity index (χ3v) is 6.85. The van der Waals surface area contributed by atoms with Gasteiger partial charge in [0, 0.05) is 0 Å². The van der Waals surface area contributed by atoms with E-state index < -0.39 is 28.0 Å². The second-order valence-electron chi connectivity index (χ2n) is 6.80. The summed E-state index contributed by atoms with van der Waals surface area (Å²) >= 11 is 11.9. The highest BCUT2D eigenvalue weighted by molar-refractivity contribution is 7.92. The number of carbonyl (C=O) groups excluding carboxylic acids is 1. The normalized spacial score (nSPS) is 15.4. The number of nitrogens with one attached hydrogen (secondary N) is 1. The summed E-state index contributed by atoms with van der Waals surface area (Å²) < 4.78 is 27.8. The summed E-state index contributed by atoms with van der Waals surface area (Å²) in [5, 5.41) is 9.10. The third kappa shape index (κ3) is 3.43. The maximum atomic E-state index is 12.7. The summed E-state index contributed by atoms with van der Waals surface area (Å²) in [6, 6.07) is 8.78. The van der Waals surface area contributed by atoms with Crippen molar-refractivity contribution in [2.45, 2.75) is 24.2 Å². The van der Waals surface area contributed by atoms with E-state index in [-0.39, 0.29) is 26.5 Å². The minimum Gasteiger partial charge on any atom is -0.480 e. The van der Waals surface area contributed by atoms with E-state index in [1.165, 1.54) is 30.3 Å². The molecule has 0 aliphatic carbocycles. The fourth-order valence-electron chi connectivity index (χ4n) is 3.10. The number of sulfonamides is 1. The Hall–Kier alpha value is -2.29. The molecule has 0 aromatic heterocycles. The van der Waals surface area contributed by atoms with Crippen LogP contribution in [0.2, 0.25) is 10.0 Å². The fourth-order valence-corrected chi connectivity index (χ4v) is 4.91. The first-order chi connectivity index (χ1) is 12.9. The van der Waals surface area contributed by atoms with E-state index in [1.54, 1.807) is 19.9 Å². The van der Waals surface area contributed by atoms with Gasteiger partial charge in [0.1, 0.15) is 11.4 Å². The quantitative estimate of drug-likeness (QED) is 0.736. The Kier molecular flexibility index (Phi) is 5.07. The number of hydrogen-bond donors (Lipinski definition) is 2. The molecule has 2 N–H and O–H groups in total. The minimum absolute atomic E-state index is 0.0958. The average Bonchev–Trinajstić information content (AvgIpc) is 2.77. The lowest BCUT2D eigenvalue weighted by Crippen LogP contribution is -2.39. The van der Waals surface area contributed by atoms with E-state index in [1.807, 2.05) is 0 Å². The van der Waals surface area contributed by atoms with Gasteiger partial charge in [-0.3, -0.25) is 14.3 Å². The first-order valence-electron chi connectivity index (χ1n) is 8.10. The highest BCUT2D eigenvalue weighted by atomic mass is 35.5. The number of anilines is 2. The number of benzene rings is 2. The monoisotopic (exact) mass is 442 g/mol. The molecule has 1 aliphatic heterocycles. The molecule has 1 aliphatic rings. The molecular weight excluding hydrogens is 427 g/mol. The molecule has 0 radical (unpaired) electrons. The van der Waals surface area contributed by atoms with Crippen LogP contribution in [0.15, 0.2) is 41.3 Å². The van der Waals surface area contributed by atoms with Gasteiger partial charge in [-0.1, -0.05) is 35.3 Å². The summed E-state index contributed by atoms with van der Waals surface area (Å²) in [4.78, 5) is 24.7. The van der Waals surface area contributed by atoms with Crippen LogP contribution in [-0.4, -0.2) is 31.9 Å². The zero-order valence-corrected chi connectivity index (χ0v) is 17.2. The van der Waals surface area contributed by atoms with Crippen LogP contribution in [0.5, 0.6) is 0 Å². The van der Waals surface area contributed by atoms with E-state index >= 15 is 0 Å². The van der Waals surface area contributed by atoms with Gasteiger partial charge in [0.05, 0.1) is 26.8 Å². The van der Waals surface area contributed by atoms with Crippen LogP contribution in [0.25, 0.3) is 0 Å². The van der Waals surface area contributed by atoms with Gasteiger partial charge in [-0.2, -0.15) is 0 Å². The van der Waals surface area contributed by atoms with Gasteiger partial charge in [0.2, 0.25) is 5.91 Å². The van der Waals surface area contributed by atoms with Crippen LogP contribution >= 0.6 is 23.2 Å². The van der Waals surface area contributed by atoms with Gasteiger partial charge in [-0.25, -0.2) is 8.42 Å². The Labute approximate surface area is 171 Å². The third-order valence-electron chi connectivity index (χ3n) is 4.49. The summed E-state index contributed by atoms with van der Waals surface area (Å²) in [5.74, 6) is -1.54. The van der Waals surface area contributed by atoms with Crippen molar-refractivity contribution in [1.29, 1.82) is 0 Å². The number of nitrogens with zero attached hydrogens (tertiary/aromatic N) is 1. The molecular formula is C18H16Cl2N2O5S. The lowest BCUT2D eigenvalue weighted by molar-refractivity contribution is -0.137. The SMILES string of the molecule is CC1(C)C(=O)N(CC(=O)O)c2cc(NS(=O)(=O)c3cccc(Cl)c3Cl)ccc21. The summed E-state index contributed by atoms with van der Waals surface area (Å²) in [6.45, 7) is 2.85. The van der Waals surface area contributed by atoms with Crippen LogP contribution in [0.4, 0.5) is 11.4 Å². The van der Waals surface area contributed by atoms with Crippen LogP contribution in [-0.2, 0) is 25.0 Å². The highest BCUT2D eigenvalue weighted by Gasteiger charge is 2.44. The van der Waals surface area contributed by atoms with Gasteiger partial charge < -0.3 is 10.0 Å². The lowest BCUT2D eigenvalue weighted by Gasteiger charge is -2.18. The van der Waals surface area contributed by atoms with Crippen molar-refractivity contribution >= 4 is 56.5 Å². The van der Waals surface area contributed by atoms with Crippen LogP contribution in [0.3, 0.4) is 0 Å². The number of carboxylic acid groups (broad SMARTS) is 1. The molecule has 1 heterocycles. The van der Waals surface area contributed by atoms with Crippen molar-refractivity contribution in [1.82, 2.24) is 0 Å². The number of carbonyl (C=O) groups is 2. The smallest absolute Gasteiger partial charge is 0.323 e.